The molecule has 0 radical (unpaired) electrons. The van der Waals surface area contributed by atoms with Gasteiger partial charge >= 0.3 is 0 Å². The molecule has 0 aliphatic rings. The Morgan fingerprint density at radius 2 is 1.72 bits per heavy atom. The summed E-state index contributed by atoms with van der Waals surface area (Å²) in [5, 5.41) is 8.94. The van der Waals surface area contributed by atoms with E-state index in [0.717, 1.165) is 0 Å². The molecule has 0 fully saturated rings. The van der Waals surface area contributed by atoms with Crippen LogP contribution in [0, 0.1) is 0 Å². The van der Waals surface area contributed by atoms with E-state index in [9.17, 15) is 9.59 Å². The molecule has 0 bridgehead atoms. The molecular weight excluding hydrogens is 232 g/mol. The van der Waals surface area contributed by atoms with Crippen LogP contribution in [-0.2, 0) is 0 Å². The van der Waals surface area contributed by atoms with E-state index in [1.54, 1.807) is 17.0 Å². The second-order valence-corrected chi connectivity index (χ2v) is 4.26. The van der Waals surface area contributed by atoms with Gasteiger partial charge in [-0.15, -0.1) is 0 Å². The van der Waals surface area contributed by atoms with Gasteiger partial charge in [0.15, 0.2) is 0 Å². The van der Waals surface area contributed by atoms with Crippen LogP contribution in [0.3, 0.4) is 0 Å². The summed E-state index contributed by atoms with van der Waals surface area (Å²) in [7, 11) is 0. The predicted molar refractivity (Wildman–Crippen MR) is 68.2 cm³/mol. The highest BCUT2D eigenvalue weighted by Gasteiger charge is 2.18. The quantitative estimate of drug-likeness (QED) is 0.803. The second-order valence-electron chi connectivity index (χ2n) is 4.26. The van der Waals surface area contributed by atoms with Gasteiger partial charge in [0.25, 0.3) is 5.91 Å². The van der Waals surface area contributed by atoms with Crippen LogP contribution in [0.5, 0.6) is 0 Å². The molecule has 18 heavy (non-hydrogen) atoms. The summed E-state index contributed by atoms with van der Waals surface area (Å²) >= 11 is 0. The maximum absolute atomic E-state index is 12.2. The molecule has 0 unspecified atom stereocenters. The molecule has 0 heterocycles. The number of aliphatic hydroxyl groups excluding tert-OH is 1. The van der Waals surface area contributed by atoms with E-state index < -0.39 is 5.91 Å². The highest BCUT2D eigenvalue weighted by atomic mass is 16.3. The van der Waals surface area contributed by atoms with Crippen molar-refractivity contribution in [1.82, 2.24) is 4.90 Å². The van der Waals surface area contributed by atoms with Crippen LogP contribution < -0.4 is 5.73 Å². The highest BCUT2D eigenvalue weighted by molar-refractivity contribution is 5.97. The minimum atomic E-state index is -0.523. The Morgan fingerprint density at radius 1 is 1.22 bits per heavy atom. The lowest BCUT2D eigenvalue weighted by atomic mass is 10.1. The van der Waals surface area contributed by atoms with Crippen molar-refractivity contribution in [1.29, 1.82) is 0 Å². The number of nitrogens with two attached hydrogens (primary N) is 1. The number of aliphatic hydroxyl groups is 1. The first-order valence-electron chi connectivity index (χ1n) is 5.79. The first kappa shape index (κ1) is 14.2. The van der Waals surface area contributed by atoms with Crippen LogP contribution in [0.4, 0.5) is 0 Å². The summed E-state index contributed by atoms with van der Waals surface area (Å²) in [4.78, 5) is 24.6. The van der Waals surface area contributed by atoms with Gasteiger partial charge in [0.2, 0.25) is 5.91 Å². The number of hydrogen-bond donors (Lipinski definition) is 2. The zero-order valence-electron chi connectivity index (χ0n) is 10.6. The summed E-state index contributed by atoms with van der Waals surface area (Å²) in [6.45, 7) is 3.97. The normalized spacial score (nSPS) is 10.4. The Kier molecular flexibility index (Phi) is 4.85. The third-order valence-electron chi connectivity index (χ3n) is 2.64. The molecule has 1 rings (SSSR count). The maximum Gasteiger partial charge on any atom is 0.254 e. The Balaban J connectivity index is 2.91. The van der Waals surface area contributed by atoms with Crippen molar-refractivity contribution in [2.24, 2.45) is 5.73 Å². The number of rotatable bonds is 5. The Hall–Kier alpha value is -1.88. The van der Waals surface area contributed by atoms with Crippen molar-refractivity contribution in [3.8, 4) is 0 Å². The number of hydrogen-bond acceptors (Lipinski definition) is 3. The van der Waals surface area contributed by atoms with E-state index in [1.807, 2.05) is 13.8 Å². The summed E-state index contributed by atoms with van der Waals surface area (Å²) < 4.78 is 0. The third kappa shape index (κ3) is 3.30. The number of amides is 2. The van der Waals surface area contributed by atoms with Gasteiger partial charge in [-0.1, -0.05) is 0 Å². The van der Waals surface area contributed by atoms with Crippen molar-refractivity contribution in [2.75, 3.05) is 13.2 Å². The number of benzene rings is 1. The molecule has 0 spiro atoms. The average molecular weight is 250 g/mol. The molecule has 3 N–H and O–H groups in total. The fourth-order valence-electron chi connectivity index (χ4n) is 1.64. The largest absolute Gasteiger partial charge is 0.395 e. The Morgan fingerprint density at radius 3 is 2.11 bits per heavy atom. The van der Waals surface area contributed by atoms with E-state index in [1.165, 1.54) is 12.1 Å². The van der Waals surface area contributed by atoms with Crippen LogP contribution >= 0.6 is 0 Å². The molecule has 98 valence electrons. The van der Waals surface area contributed by atoms with Gasteiger partial charge in [-0.05, 0) is 38.1 Å². The third-order valence-corrected chi connectivity index (χ3v) is 2.64. The fourth-order valence-corrected chi connectivity index (χ4v) is 1.64. The molecule has 0 aliphatic carbocycles. The van der Waals surface area contributed by atoms with E-state index in [2.05, 4.69) is 0 Å². The number of nitrogens with zero attached hydrogens (tertiary/aromatic N) is 1. The van der Waals surface area contributed by atoms with Gasteiger partial charge in [-0.3, -0.25) is 9.59 Å². The first-order chi connectivity index (χ1) is 8.47. The summed E-state index contributed by atoms with van der Waals surface area (Å²) in [5.41, 5.74) is 5.97. The monoisotopic (exact) mass is 250 g/mol. The van der Waals surface area contributed by atoms with Gasteiger partial charge in [0, 0.05) is 23.7 Å². The van der Waals surface area contributed by atoms with Crippen molar-refractivity contribution in [2.45, 2.75) is 19.9 Å². The molecule has 0 aromatic heterocycles. The molecule has 0 saturated carbocycles. The lowest BCUT2D eigenvalue weighted by Gasteiger charge is -2.26. The van der Waals surface area contributed by atoms with Gasteiger partial charge < -0.3 is 15.7 Å². The van der Waals surface area contributed by atoms with Gasteiger partial charge in [0.1, 0.15) is 0 Å². The highest BCUT2D eigenvalue weighted by Crippen LogP contribution is 2.10. The molecule has 1 aromatic carbocycles. The van der Waals surface area contributed by atoms with Crippen LogP contribution in [0.2, 0.25) is 0 Å². The molecule has 0 saturated heterocycles. The number of carbonyl (C=O) groups is 2. The van der Waals surface area contributed by atoms with Gasteiger partial charge in [-0.25, -0.2) is 0 Å². The molecule has 5 nitrogen and oxygen atoms in total. The predicted octanol–water partition coefficient (Wildman–Crippen LogP) is 0.628. The maximum atomic E-state index is 12.2. The molecule has 5 heteroatoms. The topological polar surface area (TPSA) is 83.6 Å². The standard InChI is InChI=1S/C13H18N2O3/c1-9(2)15(7-8-16)13(18)11-5-3-10(4-6-11)12(14)17/h3-6,9,16H,7-8H2,1-2H3,(H2,14,17). The smallest absolute Gasteiger partial charge is 0.254 e. The molecule has 0 aliphatic heterocycles. The van der Waals surface area contributed by atoms with Crippen LogP contribution in [0.1, 0.15) is 34.6 Å². The minimum Gasteiger partial charge on any atom is -0.395 e. The second kappa shape index (κ2) is 6.16. The molecule has 1 aromatic rings. The van der Waals surface area contributed by atoms with E-state index in [-0.39, 0.29) is 25.1 Å². The number of carbonyl (C=O) groups excluding carboxylic acids is 2. The van der Waals surface area contributed by atoms with Crippen molar-refractivity contribution in [3.63, 3.8) is 0 Å². The Bertz CT molecular complexity index is 426. The average Bonchev–Trinajstić information content (AvgIpc) is 2.35. The lowest BCUT2D eigenvalue weighted by Crippen LogP contribution is -2.39. The van der Waals surface area contributed by atoms with Gasteiger partial charge in [0.05, 0.1) is 6.61 Å². The van der Waals surface area contributed by atoms with Gasteiger partial charge in [-0.2, -0.15) is 0 Å². The number of primary amides is 1. The van der Waals surface area contributed by atoms with Crippen LogP contribution in [0.15, 0.2) is 24.3 Å². The van der Waals surface area contributed by atoms with E-state index >= 15 is 0 Å². The minimum absolute atomic E-state index is 0.000432. The fraction of sp³-hybridized carbons (Fsp3) is 0.385. The van der Waals surface area contributed by atoms with Crippen molar-refractivity contribution >= 4 is 11.8 Å². The molecular formula is C13H18N2O3. The van der Waals surface area contributed by atoms with Crippen LogP contribution in [-0.4, -0.2) is 41.0 Å². The zero-order chi connectivity index (χ0) is 13.7. The Labute approximate surface area is 106 Å². The van der Waals surface area contributed by atoms with Crippen molar-refractivity contribution in [3.05, 3.63) is 35.4 Å². The van der Waals surface area contributed by atoms with Crippen molar-refractivity contribution < 1.29 is 14.7 Å². The molecule has 2 amide bonds. The molecule has 0 atom stereocenters. The summed E-state index contributed by atoms with van der Waals surface area (Å²) in [5.74, 6) is -0.694. The lowest BCUT2D eigenvalue weighted by molar-refractivity contribution is 0.0665. The van der Waals surface area contributed by atoms with Crippen LogP contribution in [0.25, 0.3) is 0 Å². The van der Waals surface area contributed by atoms with E-state index in [4.69, 9.17) is 10.8 Å². The summed E-state index contributed by atoms with van der Waals surface area (Å²) in [6, 6.07) is 6.17. The van der Waals surface area contributed by atoms with E-state index in [0.29, 0.717) is 11.1 Å². The summed E-state index contributed by atoms with van der Waals surface area (Å²) in [6.07, 6.45) is 0. The zero-order valence-corrected chi connectivity index (χ0v) is 10.6. The first-order valence-corrected chi connectivity index (χ1v) is 5.79. The SMILES string of the molecule is CC(C)N(CCO)C(=O)c1ccc(C(N)=O)cc1.